The van der Waals surface area contributed by atoms with E-state index in [0.717, 1.165) is 29.2 Å². The van der Waals surface area contributed by atoms with Crippen LogP contribution in [0.5, 0.6) is 0 Å². The molecule has 0 radical (unpaired) electrons. The van der Waals surface area contributed by atoms with Crippen LogP contribution in [-0.4, -0.2) is 31.7 Å². The summed E-state index contributed by atoms with van der Waals surface area (Å²) < 4.78 is 27.2. The first-order valence-corrected chi connectivity index (χ1v) is 11.8. The third kappa shape index (κ3) is 5.07. The second kappa shape index (κ2) is 9.87. The van der Waals surface area contributed by atoms with Crippen molar-refractivity contribution in [3.8, 4) is 0 Å². The Balaban J connectivity index is 1.71. The molecule has 158 valence electrons. The van der Waals surface area contributed by atoms with Crippen molar-refractivity contribution in [1.29, 1.82) is 0 Å². The fraction of sp³-hybridized carbons (Fsp3) is 0.292. The Morgan fingerprint density at radius 1 is 0.867 bits per heavy atom. The lowest BCUT2D eigenvalue weighted by Gasteiger charge is -2.21. The van der Waals surface area contributed by atoms with E-state index < -0.39 is 10.0 Å². The number of benzene rings is 3. The Bertz CT molecular complexity index is 1100. The van der Waals surface area contributed by atoms with Crippen LogP contribution in [0.25, 0.3) is 10.8 Å². The Morgan fingerprint density at radius 2 is 1.50 bits per heavy atom. The molecule has 1 amide bonds. The topological polar surface area (TPSA) is 66.5 Å². The summed E-state index contributed by atoms with van der Waals surface area (Å²) in [6, 6.07) is 20.3. The van der Waals surface area contributed by atoms with Crippen LogP contribution in [0.2, 0.25) is 0 Å². The average Bonchev–Trinajstić information content (AvgIpc) is 2.74. The minimum absolute atomic E-state index is 0.138. The molecule has 0 bridgehead atoms. The van der Waals surface area contributed by atoms with Crippen LogP contribution in [0.1, 0.15) is 32.3 Å². The van der Waals surface area contributed by atoms with Gasteiger partial charge in [-0.05, 0) is 53.4 Å². The number of amides is 1. The van der Waals surface area contributed by atoms with Crippen molar-refractivity contribution >= 4 is 32.4 Å². The van der Waals surface area contributed by atoms with Gasteiger partial charge >= 0.3 is 0 Å². The standard InChI is InChI=1S/C24H28N2O3S/c1-3-16-26(17-4-2)30(28,29)22-14-12-21(13-15-22)25-24(27)18-20-10-7-9-19-8-5-6-11-23(19)20/h5-15H,3-4,16-18H2,1-2H3,(H,25,27). The number of hydrogen-bond donors (Lipinski definition) is 1. The summed E-state index contributed by atoms with van der Waals surface area (Å²) in [5, 5.41) is 5.02. The summed E-state index contributed by atoms with van der Waals surface area (Å²) >= 11 is 0. The summed E-state index contributed by atoms with van der Waals surface area (Å²) in [7, 11) is -3.52. The van der Waals surface area contributed by atoms with Gasteiger partial charge in [0.25, 0.3) is 0 Å². The first-order valence-electron chi connectivity index (χ1n) is 10.3. The van der Waals surface area contributed by atoms with E-state index in [1.54, 1.807) is 24.3 Å². The lowest BCUT2D eigenvalue weighted by Crippen LogP contribution is -2.32. The number of fused-ring (bicyclic) bond motifs is 1. The monoisotopic (exact) mass is 424 g/mol. The van der Waals surface area contributed by atoms with Crippen LogP contribution in [-0.2, 0) is 21.2 Å². The molecule has 3 rings (SSSR count). The molecular formula is C24H28N2O3S. The van der Waals surface area contributed by atoms with E-state index >= 15 is 0 Å². The van der Waals surface area contributed by atoms with Crippen LogP contribution >= 0.6 is 0 Å². The second-order valence-electron chi connectivity index (χ2n) is 7.29. The fourth-order valence-corrected chi connectivity index (χ4v) is 5.16. The van der Waals surface area contributed by atoms with Gasteiger partial charge in [0.15, 0.2) is 0 Å². The van der Waals surface area contributed by atoms with E-state index in [0.29, 0.717) is 18.8 Å². The molecule has 0 aromatic heterocycles. The number of nitrogens with zero attached hydrogens (tertiary/aromatic N) is 1. The third-order valence-corrected chi connectivity index (χ3v) is 6.87. The maximum atomic E-state index is 12.8. The number of nitrogens with one attached hydrogen (secondary N) is 1. The summed E-state index contributed by atoms with van der Waals surface area (Å²) in [5.74, 6) is -0.138. The molecule has 0 saturated carbocycles. The number of sulfonamides is 1. The number of hydrogen-bond acceptors (Lipinski definition) is 3. The van der Waals surface area contributed by atoms with Gasteiger partial charge in [0.05, 0.1) is 11.3 Å². The zero-order valence-electron chi connectivity index (χ0n) is 17.5. The van der Waals surface area contributed by atoms with Gasteiger partial charge in [0.2, 0.25) is 15.9 Å². The van der Waals surface area contributed by atoms with Crippen molar-refractivity contribution in [3.05, 3.63) is 72.3 Å². The van der Waals surface area contributed by atoms with Crippen LogP contribution in [0, 0.1) is 0 Å². The molecule has 6 heteroatoms. The third-order valence-electron chi connectivity index (χ3n) is 4.95. The molecule has 0 unspecified atom stereocenters. The lowest BCUT2D eigenvalue weighted by atomic mass is 10.0. The van der Waals surface area contributed by atoms with Crippen molar-refractivity contribution < 1.29 is 13.2 Å². The van der Waals surface area contributed by atoms with Gasteiger partial charge in [-0.25, -0.2) is 8.42 Å². The zero-order valence-corrected chi connectivity index (χ0v) is 18.3. The summed E-state index contributed by atoms with van der Waals surface area (Å²) in [6.45, 7) is 4.93. The van der Waals surface area contributed by atoms with Crippen molar-refractivity contribution in [2.24, 2.45) is 0 Å². The highest BCUT2D eigenvalue weighted by Crippen LogP contribution is 2.21. The molecule has 0 heterocycles. The van der Waals surface area contributed by atoms with Crippen LogP contribution in [0.3, 0.4) is 0 Å². The molecule has 30 heavy (non-hydrogen) atoms. The van der Waals surface area contributed by atoms with Crippen molar-refractivity contribution in [1.82, 2.24) is 4.31 Å². The number of carbonyl (C=O) groups is 1. The van der Waals surface area contributed by atoms with Crippen molar-refractivity contribution in [2.45, 2.75) is 38.0 Å². The number of anilines is 1. The van der Waals surface area contributed by atoms with Crippen LogP contribution in [0.15, 0.2) is 71.6 Å². The highest BCUT2D eigenvalue weighted by atomic mass is 32.2. The van der Waals surface area contributed by atoms with Crippen LogP contribution < -0.4 is 5.32 Å². The Hall–Kier alpha value is -2.70. The Labute approximate surface area is 178 Å². The smallest absolute Gasteiger partial charge is 0.243 e. The maximum absolute atomic E-state index is 12.8. The van der Waals surface area contributed by atoms with Gasteiger partial charge in [0.1, 0.15) is 0 Å². The summed E-state index contributed by atoms with van der Waals surface area (Å²) in [6.07, 6.45) is 1.78. The summed E-state index contributed by atoms with van der Waals surface area (Å²) in [4.78, 5) is 12.8. The first kappa shape index (κ1) is 22.0. The number of rotatable bonds is 9. The largest absolute Gasteiger partial charge is 0.326 e. The first-order chi connectivity index (χ1) is 14.5. The quantitative estimate of drug-likeness (QED) is 0.535. The molecule has 0 spiro atoms. The van der Waals surface area contributed by atoms with E-state index in [1.165, 1.54) is 4.31 Å². The van der Waals surface area contributed by atoms with Crippen molar-refractivity contribution in [3.63, 3.8) is 0 Å². The molecule has 3 aromatic carbocycles. The highest BCUT2D eigenvalue weighted by Gasteiger charge is 2.22. The molecule has 3 aromatic rings. The molecule has 0 aliphatic rings. The Kier molecular flexibility index (Phi) is 7.24. The molecular weight excluding hydrogens is 396 g/mol. The summed E-state index contributed by atoms with van der Waals surface area (Å²) in [5.41, 5.74) is 1.54. The average molecular weight is 425 g/mol. The van der Waals surface area contributed by atoms with E-state index in [1.807, 2.05) is 56.3 Å². The Morgan fingerprint density at radius 3 is 2.17 bits per heavy atom. The normalized spacial score (nSPS) is 11.7. The highest BCUT2D eigenvalue weighted by molar-refractivity contribution is 7.89. The van der Waals surface area contributed by atoms with Gasteiger partial charge in [-0.3, -0.25) is 4.79 Å². The molecule has 1 N–H and O–H groups in total. The molecule has 5 nitrogen and oxygen atoms in total. The lowest BCUT2D eigenvalue weighted by molar-refractivity contribution is -0.115. The van der Waals surface area contributed by atoms with Gasteiger partial charge < -0.3 is 5.32 Å². The van der Waals surface area contributed by atoms with Gasteiger partial charge in [-0.15, -0.1) is 0 Å². The van der Waals surface area contributed by atoms with Gasteiger partial charge in [0, 0.05) is 18.8 Å². The predicted molar refractivity (Wildman–Crippen MR) is 122 cm³/mol. The molecule has 0 saturated heterocycles. The molecule has 0 aliphatic heterocycles. The van der Waals surface area contributed by atoms with E-state index in [2.05, 4.69) is 5.32 Å². The zero-order chi connectivity index (χ0) is 21.6. The van der Waals surface area contributed by atoms with Gasteiger partial charge in [-0.1, -0.05) is 56.3 Å². The van der Waals surface area contributed by atoms with Crippen LogP contribution in [0.4, 0.5) is 5.69 Å². The SMILES string of the molecule is CCCN(CCC)S(=O)(=O)c1ccc(NC(=O)Cc2cccc3ccccc23)cc1. The minimum atomic E-state index is -3.52. The molecule has 0 fully saturated rings. The van der Waals surface area contributed by atoms with Gasteiger partial charge in [-0.2, -0.15) is 4.31 Å². The minimum Gasteiger partial charge on any atom is -0.326 e. The fourth-order valence-electron chi connectivity index (χ4n) is 3.54. The van der Waals surface area contributed by atoms with E-state index in [4.69, 9.17) is 0 Å². The molecule has 0 aliphatic carbocycles. The predicted octanol–water partition coefficient (Wildman–Crippen LogP) is 4.83. The number of carbonyl (C=O) groups excluding carboxylic acids is 1. The van der Waals surface area contributed by atoms with Crippen molar-refractivity contribution in [2.75, 3.05) is 18.4 Å². The maximum Gasteiger partial charge on any atom is 0.243 e. The molecule has 0 atom stereocenters. The van der Waals surface area contributed by atoms with E-state index in [-0.39, 0.29) is 17.2 Å². The van der Waals surface area contributed by atoms with E-state index in [9.17, 15) is 13.2 Å². The second-order valence-corrected chi connectivity index (χ2v) is 9.23.